The Morgan fingerprint density at radius 2 is 1.50 bits per heavy atom. The van der Waals surface area contributed by atoms with Crippen LogP contribution in [0.15, 0.2) is 83.7 Å². The van der Waals surface area contributed by atoms with E-state index in [2.05, 4.69) is 4.98 Å². The molecule has 0 fully saturated rings. The van der Waals surface area contributed by atoms with Crippen molar-refractivity contribution in [3.63, 3.8) is 0 Å². The summed E-state index contributed by atoms with van der Waals surface area (Å²) in [5.41, 5.74) is 2.09. The third-order valence-corrected chi connectivity index (χ3v) is 4.11. The molecule has 26 heavy (non-hydrogen) atoms. The summed E-state index contributed by atoms with van der Waals surface area (Å²) in [5, 5.41) is 0.565. The number of nitrogens with zero attached hydrogens (tertiary/aromatic N) is 2. The van der Waals surface area contributed by atoms with E-state index < -0.39 is 0 Å². The molecule has 0 aliphatic carbocycles. The Labute approximate surface area is 149 Å². The zero-order valence-electron chi connectivity index (χ0n) is 13.8. The van der Waals surface area contributed by atoms with Crippen LogP contribution in [0.25, 0.3) is 28.7 Å². The number of benzene rings is 3. The summed E-state index contributed by atoms with van der Waals surface area (Å²) in [7, 11) is 0. The summed E-state index contributed by atoms with van der Waals surface area (Å²) in [4.78, 5) is 17.7. The molecular weight excluding hydrogens is 327 g/mol. The Kier molecular flexibility index (Phi) is 4.15. The predicted octanol–water partition coefficient (Wildman–Crippen LogP) is 4.70. The summed E-state index contributed by atoms with van der Waals surface area (Å²) in [5.74, 6) is 0.233. The van der Waals surface area contributed by atoms with Gasteiger partial charge in [0, 0.05) is 0 Å². The third-order valence-electron chi connectivity index (χ3n) is 4.11. The zero-order chi connectivity index (χ0) is 17.9. The second kappa shape index (κ2) is 6.76. The van der Waals surface area contributed by atoms with Crippen molar-refractivity contribution in [2.75, 3.05) is 0 Å². The molecule has 0 bridgehead atoms. The van der Waals surface area contributed by atoms with E-state index in [4.69, 9.17) is 0 Å². The summed E-state index contributed by atoms with van der Waals surface area (Å²) in [6.07, 6.45) is 3.59. The monoisotopic (exact) mass is 342 g/mol. The molecule has 1 aromatic heterocycles. The quantitative estimate of drug-likeness (QED) is 0.541. The van der Waals surface area contributed by atoms with Gasteiger partial charge in [-0.05, 0) is 48.0 Å². The highest BCUT2D eigenvalue weighted by Gasteiger charge is 2.10. The molecule has 1 heterocycles. The van der Waals surface area contributed by atoms with Crippen molar-refractivity contribution < 1.29 is 4.39 Å². The molecule has 0 saturated carbocycles. The highest BCUT2D eigenvalue weighted by molar-refractivity contribution is 5.80. The molecule has 0 aliphatic heterocycles. The number of aromatic nitrogens is 2. The van der Waals surface area contributed by atoms with Crippen LogP contribution >= 0.6 is 0 Å². The maximum Gasteiger partial charge on any atom is 0.266 e. The number of hydrogen-bond acceptors (Lipinski definition) is 2. The Bertz CT molecular complexity index is 1150. The fourth-order valence-corrected chi connectivity index (χ4v) is 2.83. The molecule has 0 radical (unpaired) electrons. The molecule has 4 aromatic rings. The van der Waals surface area contributed by atoms with Gasteiger partial charge in [-0.25, -0.2) is 9.37 Å². The van der Waals surface area contributed by atoms with Crippen molar-refractivity contribution in [2.45, 2.75) is 0 Å². The van der Waals surface area contributed by atoms with Crippen molar-refractivity contribution in [3.8, 4) is 5.69 Å². The maximum atomic E-state index is 13.1. The smallest absolute Gasteiger partial charge is 0.266 e. The molecule has 0 N–H and O–H groups in total. The number of hydrogen-bond donors (Lipinski definition) is 0. The third kappa shape index (κ3) is 3.05. The minimum atomic E-state index is -0.285. The van der Waals surface area contributed by atoms with Crippen LogP contribution in [0.3, 0.4) is 0 Å². The predicted molar refractivity (Wildman–Crippen MR) is 103 cm³/mol. The molecule has 126 valence electrons. The average Bonchev–Trinajstić information content (AvgIpc) is 2.68. The molecule has 0 aliphatic rings. The van der Waals surface area contributed by atoms with E-state index in [1.807, 2.05) is 54.6 Å². The van der Waals surface area contributed by atoms with Crippen LogP contribution in [-0.4, -0.2) is 9.55 Å². The standard InChI is InChI=1S/C22H15FN2O/c23-17-13-10-16(11-14-17)12-15-21-24-20-9-5-4-8-19(20)22(26)25(21)18-6-2-1-3-7-18/h1-15H. The fourth-order valence-electron chi connectivity index (χ4n) is 2.83. The summed E-state index contributed by atoms with van der Waals surface area (Å²) >= 11 is 0. The van der Waals surface area contributed by atoms with Crippen molar-refractivity contribution in [3.05, 3.63) is 106 Å². The van der Waals surface area contributed by atoms with E-state index in [9.17, 15) is 9.18 Å². The average molecular weight is 342 g/mol. The van der Waals surface area contributed by atoms with E-state index in [1.165, 1.54) is 12.1 Å². The van der Waals surface area contributed by atoms with Gasteiger partial charge in [0.05, 0.1) is 16.6 Å². The van der Waals surface area contributed by atoms with Crippen LogP contribution in [0.4, 0.5) is 4.39 Å². The lowest BCUT2D eigenvalue weighted by atomic mass is 10.2. The first-order valence-corrected chi connectivity index (χ1v) is 8.23. The Morgan fingerprint density at radius 1 is 0.808 bits per heavy atom. The molecule has 0 spiro atoms. The van der Waals surface area contributed by atoms with Crippen LogP contribution in [-0.2, 0) is 0 Å². The first kappa shape index (κ1) is 16.0. The lowest BCUT2D eigenvalue weighted by Gasteiger charge is -2.11. The van der Waals surface area contributed by atoms with Crippen LogP contribution in [0.1, 0.15) is 11.4 Å². The highest BCUT2D eigenvalue weighted by atomic mass is 19.1. The summed E-state index contributed by atoms with van der Waals surface area (Å²) < 4.78 is 14.7. The van der Waals surface area contributed by atoms with E-state index in [1.54, 1.807) is 28.8 Å². The van der Waals surface area contributed by atoms with Gasteiger partial charge < -0.3 is 0 Å². The van der Waals surface area contributed by atoms with Gasteiger partial charge in [0.2, 0.25) is 0 Å². The molecule has 0 saturated heterocycles. The largest absolute Gasteiger partial charge is 0.268 e. The van der Waals surface area contributed by atoms with E-state index >= 15 is 0 Å². The number of halogens is 1. The SMILES string of the molecule is O=c1c2ccccc2nc(C=Cc2ccc(F)cc2)n1-c1ccccc1. The first-order valence-electron chi connectivity index (χ1n) is 8.23. The van der Waals surface area contributed by atoms with Gasteiger partial charge in [-0.1, -0.05) is 48.5 Å². The van der Waals surface area contributed by atoms with Crippen molar-refractivity contribution in [1.29, 1.82) is 0 Å². The van der Waals surface area contributed by atoms with Crippen LogP contribution in [0, 0.1) is 5.82 Å². The Morgan fingerprint density at radius 3 is 2.27 bits per heavy atom. The van der Waals surface area contributed by atoms with Gasteiger partial charge in [0.15, 0.2) is 0 Å². The second-order valence-corrected chi connectivity index (χ2v) is 5.85. The zero-order valence-corrected chi connectivity index (χ0v) is 13.8. The maximum absolute atomic E-state index is 13.1. The number of para-hydroxylation sites is 2. The van der Waals surface area contributed by atoms with Crippen molar-refractivity contribution in [2.24, 2.45) is 0 Å². The fraction of sp³-hybridized carbons (Fsp3) is 0. The van der Waals surface area contributed by atoms with Crippen LogP contribution in [0.5, 0.6) is 0 Å². The molecule has 3 aromatic carbocycles. The minimum absolute atomic E-state index is 0.124. The molecule has 0 atom stereocenters. The lowest BCUT2D eigenvalue weighted by molar-refractivity contribution is 0.628. The van der Waals surface area contributed by atoms with E-state index in [0.29, 0.717) is 16.7 Å². The molecular formula is C22H15FN2O. The molecule has 0 unspecified atom stereocenters. The summed E-state index contributed by atoms with van der Waals surface area (Å²) in [6.45, 7) is 0. The normalized spacial score (nSPS) is 11.3. The van der Waals surface area contributed by atoms with Gasteiger partial charge in [-0.2, -0.15) is 0 Å². The minimum Gasteiger partial charge on any atom is -0.268 e. The second-order valence-electron chi connectivity index (χ2n) is 5.85. The topological polar surface area (TPSA) is 34.9 Å². The Balaban J connectivity index is 1.92. The van der Waals surface area contributed by atoms with Gasteiger partial charge in [-0.15, -0.1) is 0 Å². The van der Waals surface area contributed by atoms with E-state index in [0.717, 1.165) is 11.3 Å². The first-order chi connectivity index (χ1) is 12.7. The van der Waals surface area contributed by atoms with Gasteiger partial charge in [0.1, 0.15) is 11.6 Å². The van der Waals surface area contributed by atoms with Crippen molar-refractivity contribution in [1.82, 2.24) is 9.55 Å². The van der Waals surface area contributed by atoms with Crippen LogP contribution < -0.4 is 5.56 Å². The molecule has 0 amide bonds. The van der Waals surface area contributed by atoms with Gasteiger partial charge in [0.25, 0.3) is 5.56 Å². The highest BCUT2D eigenvalue weighted by Crippen LogP contribution is 2.15. The van der Waals surface area contributed by atoms with Crippen LogP contribution in [0.2, 0.25) is 0 Å². The molecule has 3 nitrogen and oxygen atoms in total. The summed E-state index contributed by atoms with van der Waals surface area (Å²) in [6, 6.07) is 22.8. The van der Waals surface area contributed by atoms with Crippen molar-refractivity contribution >= 4 is 23.1 Å². The lowest BCUT2D eigenvalue weighted by Crippen LogP contribution is -2.22. The van der Waals surface area contributed by atoms with E-state index in [-0.39, 0.29) is 11.4 Å². The van der Waals surface area contributed by atoms with Gasteiger partial charge >= 0.3 is 0 Å². The number of fused-ring (bicyclic) bond motifs is 1. The molecule has 4 rings (SSSR count). The number of rotatable bonds is 3. The Hall–Kier alpha value is -3.53. The van der Waals surface area contributed by atoms with Gasteiger partial charge in [-0.3, -0.25) is 9.36 Å². The molecule has 4 heteroatoms.